The molecule has 4 nitrogen and oxygen atoms in total. The van der Waals surface area contributed by atoms with E-state index >= 15 is 0 Å². The normalized spacial score (nSPS) is 11.1. The average Bonchev–Trinajstić information content (AvgIpc) is 2.87. The van der Waals surface area contributed by atoms with Gasteiger partial charge in [-0.25, -0.2) is 4.98 Å². The number of fused-ring (bicyclic) bond motifs is 1. The molecule has 0 radical (unpaired) electrons. The first-order valence-electron chi connectivity index (χ1n) is 7.60. The van der Waals surface area contributed by atoms with Crippen LogP contribution in [-0.4, -0.2) is 17.0 Å². The summed E-state index contributed by atoms with van der Waals surface area (Å²) in [4.78, 5) is 11.2. The Morgan fingerprint density at radius 3 is 2.73 bits per heavy atom. The molecule has 0 spiro atoms. The van der Waals surface area contributed by atoms with Crippen molar-refractivity contribution in [1.29, 1.82) is 0 Å². The Labute approximate surface area is 130 Å². The van der Waals surface area contributed by atoms with E-state index in [1.165, 1.54) is 10.9 Å². The van der Waals surface area contributed by atoms with E-state index in [2.05, 4.69) is 41.0 Å². The summed E-state index contributed by atoms with van der Waals surface area (Å²) in [7, 11) is 2.05. The van der Waals surface area contributed by atoms with Crippen molar-refractivity contribution in [1.82, 2.24) is 9.97 Å². The van der Waals surface area contributed by atoms with Gasteiger partial charge in [-0.05, 0) is 19.9 Å². The van der Waals surface area contributed by atoms with Crippen LogP contribution in [0.4, 0.5) is 5.82 Å². The molecule has 0 fully saturated rings. The minimum atomic E-state index is 0.763. The second-order valence-corrected chi connectivity index (χ2v) is 5.63. The van der Waals surface area contributed by atoms with Crippen LogP contribution in [0.3, 0.4) is 0 Å². The molecule has 0 N–H and O–H groups in total. The van der Waals surface area contributed by atoms with Crippen molar-refractivity contribution in [3.63, 3.8) is 0 Å². The van der Waals surface area contributed by atoms with Crippen molar-refractivity contribution in [3.8, 4) is 0 Å². The SMILES string of the molecule is CCc1oc2ccccc2c1CN(C)c1nc(C)cnc1C. The molecule has 4 heteroatoms. The molecular formula is C18H21N3O. The molecule has 3 rings (SSSR count). The van der Waals surface area contributed by atoms with Crippen molar-refractivity contribution < 1.29 is 4.42 Å². The van der Waals surface area contributed by atoms with Crippen LogP contribution in [0.15, 0.2) is 34.9 Å². The van der Waals surface area contributed by atoms with Crippen molar-refractivity contribution >= 4 is 16.8 Å². The molecule has 0 amide bonds. The smallest absolute Gasteiger partial charge is 0.150 e. The van der Waals surface area contributed by atoms with E-state index in [0.29, 0.717) is 0 Å². The molecule has 0 aliphatic carbocycles. The van der Waals surface area contributed by atoms with Crippen LogP contribution in [0.5, 0.6) is 0 Å². The first-order chi connectivity index (χ1) is 10.6. The summed E-state index contributed by atoms with van der Waals surface area (Å²) < 4.78 is 5.98. The third-order valence-corrected chi connectivity index (χ3v) is 3.91. The average molecular weight is 295 g/mol. The van der Waals surface area contributed by atoms with Crippen LogP contribution >= 0.6 is 0 Å². The van der Waals surface area contributed by atoms with Gasteiger partial charge in [0.05, 0.1) is 11.4 Å². The van der Waals surface area contributed by atoms with Crippen LogP contribution < -0.4 is 4.90 Å². The van der Waals surface area contributed by atoms with Crippen LogP contribution in [0.2, 0.25) is 0 Å². The minimum Gasteiger partial charge on any atom is -0.461 e. The maximum Gasteiger partial charge on any atom is 0.150 e. The van der Waals surface area contributed by atoms with Gasteiger partial charge in [-0.2, -0.15) is 0 Å². The highest BCUT2D eigenvalue weighted by Gasteiger charge is 2.16. The lowest BCUT2D eigenvalue weighted by atomic mass is 10.1. The maximum atomic E-state index is 5.98. The molecule has 0 atom stereocenters. The fourth-order valence-corrected chi connectivity index (χ4v) is 2.81. The van der Waals surface area contributed by atoms with E-state index in [-0.39, 0.29) is 0 Å². The number of nitrogens with zero attached hydrogens (tertiary/aromatic N) is 3. The van der Waals surface area contributed by atoms with Gasteiger partial charge in [0.1, 0.15) is 17.2 Å². The molecule has 0 aliphatic rings. The Bertz CT molecular complexity index is 807. The number of rotatable bonds is 4. The number of benzene rings is 1. The largest absolute Gasteiger partial charge is 0.461 e. The van der Waals surface area contributed by atoms with Gasteiger partial charge in [-0.15, -0.1) is 0 Å². The zero-order chi connectivity index (χ0) is 15.7. The molecule has 0 unspecified atom stereocenters. The van der Waals surface area contributed by atoms with E-state index in [1.807, 2.05) is 26.0 Å². The van der Waals surface area contributed by atoms with Crippen molar-refractivity contribution in [2.24, 2.45) is 0 Å². The van der Waals surface area contributed by atoms with Crippen LogP contribution in [0, 0.1) is 13.8 Å². The van der Waals surface area contributed by atoms with Crippen molar-refractivity contribution in [3.05, 3.63) is 53.2 Å². The molecule has 0 saturated heterocycles. The highest BCUT2D eigenvalue weighted by atomic mass is 16.3. The third-order valence-electron chi connectivity index (χ3n) is 3.91. The zero-order valence-electron chi connectivity index (χ0n) is 13.6. The Hall–Kier alpha value is -2.36. The molecule has 0 saturated carbocycles. The Morgan fingerprint density at radius 1 is 1.18 bits per heavy atom. The summed E-state index contributed by atoms with van der Waals surface area (Å²) in [6, 6.07) is 8.21. The lowest BCUT2D eigenvalue weighted by Gasteiger charge is -2.20. The predicted octanol–water partition coefficient (Wildman–Crippen LogP) is 4.04. The highest BCUT2D eigenvalue weighted by molar-refractivity contribution is 5.82. The summed E-state index contributed by atoms with van der Waals surface area (Å²) in [5.74, 6) is 1.97. The van der Waals surface area contributed by atoms with Crippen molar-refractivity contribution in [2.75, 3.05) is 11.9 Å². The van der Waals surface area contributed by atoms with Gasteiger partial charge in [0.25, 0.3) is 0 Å². The third kappa shape index (κ3) is 2.56. The van der Waals surface area contributed by atoms with Gasteiger partial charge in [-0.1, -0.05) is 25.1 Å². The van der Waals surface area contributed by atoms with Gasteiger partial charge < -0.3 is 9.32 Å². The first kappa shape index (κ1) is 14.6. The van der Waals surface area contributed by atoms with E-state index in [0.717, 1.165) is 41.5 Å². The fourth-order valence-electron chi connectivity index (χ4n) is 2.81. The van der Waals surface area contributed by atoms with Crippen LogP contribution in [0.25, 0.3) is 11.0 Å². The van der Waals surface area contributed by atoms with E-state index < -0.39 is 0 Å². The molecule has 1 aromatic carbocycles. The Morgan fingerprint density at radius 2 is 1.95 bits per heavy atom. The summed E-state index contributed by atoms with van der Waals surface area (Å²) >= 11 is 0. The summed E-state index contributed by atoms with van der Waals surface area (Å²) in [5.41, 5.74) is 4.07. The highest BCUT2D eigenvalue weighted by Crippen LogP contribution is 2.28. The van der Waals surface area contributed by atoms with Crippen LogP contribution in [-0.2, 0) is 13.0 Å². The number of hydrogen-bond donors (Lipinski definition) is 0. The molecule has 22 heavy (non-hydrogen) atoms. The number of anilines is 1. The molecule has 3 aromatic rings. The quantitative estimate of drug-likeness (QED) is 0.728. The Balaban J connectivity index is 2.00. The topological polar surface area (TPSA) is 42.2 Å². The summed E-state index contributed by atoms with van der Waals surface area (Å²) in [6.07, 6.45) is 2.69. The molecule has 2 aromatic heterocycles. The van der Waals surface area contributed by atoms with Gasteiger partial charge in [0, 0.05) is 37.2 Å². The second-order valence-electron chi connectivity index (χ2n) is 5.63. The standard InChI is InChI=1S/C18H21N3O/c1-5-16-15(14-8-6-7-9-17(14)22-16)11-21(4)18-13(3)19-10-12(2)20-18/h6-10H,5,11H2,1-4H3. The number of aryl methyl sites for hydroxylation is 3. The first-order valence-corrected chi connectivity index (χ1v) is 7.60. The zero-order valence-corrected chi connectivity index (χ0v) is 13.6. The lowest BCUT2D eigenvalue weighted by molar-refractivity contribution is 0.549. The maximum absolute atomic E-state index is 5.98. The number of para-hydroxylation sites is 1. The van der Waals surface area contributed by atoms with Crippen LogP contribution in [0.1, 0.15) is 29.6 Å². The van der Waals surface area contributed by atoms with E-state index in [1.54, 1.807) is 6.20 Å². The number of hydrogen-bond acceptors (Lipinski definition) is 4. The fraction of sp³-hybridized carbons (Fsp3) is 0.333. The predicted molar refractivity (Wildman–Crippen MR) is 89.2 cm³/mol. The second kappa shape index (κ2) is 5.79. The molecule has 114 valence electrons. The number of furan rings is 1. The minimum absolute atomic E-state index is 0.763. The van der Waals surface area contributed by atoms with Crippen molar-refractivity contribution in [2.45, 2.75) is 33.7 Å². The van der Waals surface area contributed by atoms with Gasteiger partial charge in [0.2, 0.25) is 0 Å². The molecule has 2 heterocycles. The summed E-state index contributed by atoms with van der Waals surface area (Å²) in [6.45, 7) is 6.85. The van der Waals surface area contributed by atoms with E-state index in [4.69, 9.17) is 4.42 Å². The van der Waals surface area contributed by atoms with E-state index in [9.17, 15) is 0 Å². The Kier molecular flexibility index (Phi) is 3.84. The summed E-state index contributed by atoms with van der Waals surface area (Å²) in [5, 5.41) is 1.18. The number of aromatic nitrogens is 2. The molecular weight excluding hydrogens is 274 g/mol. The lowest BCUT2D eigenvalue weighted by Crippen LogP contribution is -2.20. The molecule has 0 aliphatic heterocycles. The molecule has 0 bridgehead atoms. The van der Waals surface area contributed by atoms with Gasteiger partial charge in [0.15, 0.2) is 0 Å². The van der Waals surface area contributed by atoms with Gasteiger partial charge in [-0.3, -0.25) is 4.98 Å². The van der Waals surface area contributed by atoms with Gasteiger partial charge >= 0.3 is 0 Å². The monoisotopic (exact) mass is 295 g/mol.